The van der Waals surface area contributed by atoms with Gasteiger partial charge in [0.05, 0.1) is 10.7 Å². The van der Waals surface area contributed by atoms with Gasteiger partial charge in [-0.3, -0.25) is 9.79 Å². The summed E-state index contributed by atoms with van der Waals surface area (Å²) in [5, 5.41) is 8.24. The lowest BCUT2D eigenvalue weighted by Gasteiger charge is -2.21. The Morgan fingerprint density at radius 1 is 1.21 bits per heavy atom. The molecule has 0 bridgehead atoms. The van der Waals surface area contributed by atoms with E-state index >= 15 is 0 Å². The van der Waals surface area contributed by atoms with Gasteiger partial charge in [-0.25, -0.2) is 4.98 Å². The summed E-state index contributed by atoms with van der Waals surface area (Å²) in [5.74, 6) is 1.51. The maximum absolute atomic E-state index is 12.6. The molecule has 4 rings (SSSR count). The number of nitrogens with one attached hydrogen (secondary N) is 2. The van der Waals surface area contributed by atoms with Gasteiger partial charge in [-0.15, -0.1) is 11.3 Å². The number of aliphatic imine (C=N–C) groups is 1. The summed E-state index contributed by atoms with van der Waals surface area (Å²) < 4.78 is 0. The third kappa shape index (κ3) is 5.30. The Labute approximate surface area is 178 Å². The van der Waals surface area contributed by atoms with Gasteiger partial charge < -0.3 is 15.5 Å². The second kappa shape index (κ2) is 9.92. The van der Waals surface area contributed by atoms with E-state index < -0.39 is 0 Å². The highest BCUT2D eigenvalue weighted by atomic mass is 32.1. The van der Waals surface area contributed by atoms with Gasteiger partial charge in [0.2, 0.25) is 5.91 Å². The van der Waals surface area contributed by atoms with Gasteiger partial charge in [0, 0.05) is 49.9 Å². The Morgan fingerprint density at radius 3 is 2.83 bits per heavy atom. The largest absolute Gasteiger partial charge is 0.356 e. The van der Waals surface area contributed by atoms with E-state index in [0.717, 1.165) is 57.7 Å². The summed E-state index contributed by atoms with van der Waals surface area (Å²) >= 11 is 1.92. The summed E-state index contributed by atoms with van der Waals surface area (Å²) in [7, 11) is 1.82. The van der Waals surface area contributed by atoms with E-state index in [1.54, 1.807) is 0 Å². The van der Waals surface area contributed by atoms with Gasteiger partial charge in [-0.05, 0) is 51.4 Å². The van der Waals surface area contributed by atoms with Crippen LogP contribution in [0.3, 0.4) is 0 Å². The van der Waals surface area contributed by atoms with E-state index in [2.05, 4.69) is 20.5 Å². The van der Waals surface area contributed by atoms with Crippen molar-refractivity contribution in [3.05, 3.63) is 15.6 Å². The van der Waals surface area contributed by atoms with Crippen LogP contribution in [0.1, 0.15) is 66.9 Å². The molecule has 0 radical (unpaired) electrons. The highest BCUT2D eigenvalue weighted by Crippen LogP contribution is 2.28. The fraction of sp³-hybridized carbons (Fsp3) is 0.773. The average Bonchev–Trinajstić information content (AvgIpc) is 3.50. The number of hydrogen-bond donors (Lipinski definition) is 2. The van der Waals surface area contributed by atoms with E-state index in [9.17, 15) is 4.79 Å². The Bertz CT molecular complexity index is 701. The lowest BCUT2D eigenvalue weighted by Crippen LogP contribution is -2.45. The lowest BCUT2D eigenvalue weighted by atomic mass is 10.0. The van der Waals surface area contributed by atoms with Crippen molar-refractivity contribution in [2.45, 2.75) is 76.7 Å². The molecule has 2 fully saturated rings. The third-order valence-corrected chi connectivity index (χ3v) is 7.74. The topological polar surface area (TPSA) is 69.6 Å². The number of guanidine groups is 1. The van der Waals surface area contributed by atoms with Crippen molar-refractivity contribution in [2.75, 3.05) is 26.7 Å². The van der Waals surface area contributed by atoms with Crippen LogP contribution in [-0.2, 0) is 24.1 Å². The SMILES string of the molecule is CN=C(NCCCc1nc2c(s1)CCCC2)NC1CCN(C(=O)C2CCCC2)C1. The Balaban J connectivity index is 1.16. The van der Waals surface area contributed by atoms with E-state index in [1.807, 2.05) is 18.4 Å². The first kappa shape index (κ1) is 20.6. The van der Waals surface area contributed by atoms with E-state index in [4.69, 9.17) is 4.98 Å². The van der Waals surface area contributed by atoms with Crippen molar-refractivity contribution < 1.29 is 4.79 Å². The molecule has 1 unspecified atom stereocenters. The molecule has 0 spiro atoms. The molecule has 1 saturated heterocycles. The first-order valence-corrected chi connectivity index (χ1v) is 12.3. The Hall–Kier alpha value is -1.63. The fourth-order valence-electron chi connectivity index (χ4n) is 4.86. The first-order chi connectivity index (χ1) is 14.2. The predicted octanol–water partition coefficient (Wildman–Crippen LogP) is 2.91. The molecule has 7 heteroatoms. The molecule has 29 heavy (non-hydrogen) atoms. The molecule has 0 aromatic carbocycles. The van der Waals surface area contributed by atoms with Gasteiger partial charge in [-0.2, -0.15) is 0 Å². The van der Waals surface area contributed by atoms with Crippen LogP contribution in [0.15, 0.2) is 4.99 Å². The molecule has 3 aliphatic rings. The van der Waals surface area contributed by atoms with Crippen molar-refractivity contribution >= 4 is 23.2 Å². The van der Waals surface area contributed by atoms with Crippen LogP contribution in [0.4, 0.5) is 0 Å². The number of thiazole rings is 1. The molecular weight excluding hydrogens is 382 g/mol. The Morgan fingerprint density at radius 2 is 2.03 bits per heavy atom. The van der Waals surface area contributed by atoms with Gasteiger partial charge in [-0.1, -0.05) is 12.8 Å². The molecule has 2 N–H and O–H groups in total. The number of aryl methyl sites for hydroxylation is 3. The number of fused-ring (bicyclic) bond motifs is 1. The number of carbonyl (C=O) groups excluding carboxylic acids is 1. The molecule has 6 nitrogen and oxygen atoms in total. The van der Waals surface area contributed by atoms with Crippen LogP contribution < -0.4 is 10.6 Å². The molecule has 1 aromatic heterocycles. The van der Waals surface area contributed by atoms with Crippen LogP contribution >= 0.6 is 11.3 Å². The van der Waals surface area contributed by atoms with Crippen LogP contribution in [0, 0.1) is 5.92 Å². The lowest BCUT2D eigenvalue weighted by molar-refractivity contribution is -0.134. The highest BCUT2D eigenvalue weighted by molar-refractivity contribution is 7.11. The minimum Gasteiger partial charge on any atom is -0.356 e. The maximum Gasteiger partial charge on any atom is 0.225 e. The molecule has 1 atom stereocenters. The number of carbonyl (C=O) groups is 1. The summed E-state index contributed by atoms with van der Waals surface area (Å²) in [6.45, 7) is 2.57. The number of hydrogen-bond acceptors (Lipinski definition) is 4. The van der Waals surface area contributed by atoms with Crippen molar-refractivity contribution in [1.82, 2.24) is 20.5 Å². The minimum atomic E-state index is 0.280. The normalized spacial score (nSPS) is 22.7. The van der Waals surface area contributed by atoms with Crippen LogP contribution in [-0.4, -0.2) is 54.5 Å². The third-order valence-electron chi connectivity index (χ3n) is 6.52. The summed E-state index contributed by atoms with van der Waals surface area (Å²) in [5.41, 5.74) is 1.36. The number of aromatic nitrogens is 1. The van der Waals surface area contributed by atoms with Crippen LogP contribution in [0.2, 0.25) is 0 Å². The standard InChI is InChI=1S/C22H35N5OS/c1-23-22(24-13-6-11-20-26-18-9-4-5-10-19(18)29-20)25-17-12-14-27(15-17)21(28)16-7-2-3-8-16/h16-17H,2-15H2,1H3,(H2,23,24,25). The highest BCUT2D eigenvalue weighted by Gasteiger charge is 2.32. The zero-order valence-electron chi connectivity index (χ0n) is 17.7. The summed E-state index contributed by atoms with van der Waals surface area (Å²) in [6.07, 6.45) is 12.7. The molecule has 1 amide bonds. The van der Waals surface area contributed by atoms with Crippen LogP contribution in [0.5, 0.6) is 0 Å². The second-order valence-electron chi connectivity index (χ2n) is 8.68. The van der Waals surface area contributed by atoms with Gasteiger partial charge in [0.15, 0.2) is 5.96 Å². The second-order valence-corrected chi connectivity index (χ2v) is 9.85. The molecule has 1 saturated carbocycles. The monoisotopic (exact) mass is 417 g/mol. The molecule has 2 heterocycles. The molecular formula is C22H35N5OS. The summed E-state index contributed by atoms with van der Waals surface area (Å²) in [6, 6.07) is 0.303. The maximum atomic E-state index is 12.6. The fourth-order valence-corrected chi connectivity index (χ4v) is 6.05. The zero-order chi connectivity index (χ0) is 20.1. The number of rotatable bonds is 6. The smallest absolute Gasteiger partial charge is 0.225 e. The van der Waals surface area contributed by atoms with Gasteiger partial charge >= 0.3 is 0 Å². The van der Waals surface area contributed by atoms with Gasteiger partial charge in [0.1, 0.15) is 0 Å². The number of likely N-dealkylation sites (tertiary alicyclic amines) is 1. The van der Waals surface area contributed by atoms with Gasteiger partial charge in [0.25, 0.3) is 0 Å². The molecule has 2 aliphatic carbocycles. The average molecular weight is 418 g/mol. The zero-order valence-corrected chi connectivity index (χ0v) is 18.5. The molecule has 1 aliphatic heterocycles. The predicted molar refractivity (Wildman–Crippen MR) is 119 cm³/mol. The van der Waals surface area contributed by atoms with Crippen molar-refractivity contribution in [3.63, 3.8) is 0 Å². The van der Waals surface area contributed by atoms with Crippen molar-refractivity contribution in [3.8, 4) is 0 Å². The van der Waals surface area contributed by atoms with Crippen LogP contribution in [0.25, 0.3) is 0 Å². The quantitative estimate of drug-likeness (QED) is 0.424. The van der Waals surface area contributed by atoms with E-state index in [1.165, 1.54) is 54.1 Å². The van der Waals surface area contributed by atoms with Crippen molar-refractivity contribution in [2.24, 2.45) is 10.9 Å². The van der Waals surface area contributed by atoms with E-state index in [-0.39, 0.29) is 5.92 Å². The number of amides is 1. The summed E-state index contributed by atoms with van der Waals surface area (Å²) in [4.78, 5) is 25.4. The number of nitrogens with zero attached hydrogens (tertiary/aromatic N) is 3. The molecule has 160 valence electrons. The Kier molecular flexibility index (Phi) is 7.06. The van der Waals surface area contributed by atoms with Crippen molar-refractivity contribution in [1.29, 1.82) is 0 Å². The van der Waals surface area contributed by atoms with E-state index in [0.29, 0.717) is 11.9 Å². The first-order valence-electron chi connectivity index (χ1n) is 11.5. The molecule has 1 aromatic rings. The minimum absolute atomic E-state index is 0.280.